The highest BCUT2D eigenvalue weighted by molar-refractivity contribution is 7.80. The predicted molar refractivity (Wildman–Crippen MR) is 97.7 cm³/mol. The number of thiocarbonyl (C=S) groups is 1. The minimum Gasteiger partial charge on any atom is -0.435 e. The number of alkyl halides is 4. The van der Waals surface area contributed by atoms with E-state index in [1.807, 2.05) is 0 Å². The molecule has 0 bridgehead atoms. The van der Waals surface area contributed by atoms with Gasteiger partial charge in [0.05, 0.1) is 5.71 Å². The molecular weight excluding hydrogens is 386 g/mol. The smallest absolute Gasteiger partial charge is 0.387 e. The quantitative estimate of drug-likeness (QED) is 0.304. The second-order valence-corrected chi connectivity index (χ2v) is 6.44. The SMILES string of the molecule is C/C(=N\NC(=S)NC1CCCCC1)c1ccc(OC(F)F)cc1OC(F)F. The lowest BCUT2D eigenvalue weighted by atomic mass is 9.96. The first-order chi connectivity index (χ1) is 12.8. The van der Waals surface area contributed by atoms with Crippen LogP contribution in [0.15, 0.2) is 23.3 Å². The molecule has 0 saturated heterocycles. The average Bonchev–Trinajstić information content (AvgIpc) is 2.60. The van der Waals surface area contributed by atoms with Crippen LogP contribution in [0.2, 0.25) is 0 Å². The molecule has 0 aromatic heterocycles. The molecule has 0 unspecified atom stereocenters. The van der Waals surface area contributed by atoms with E-state index in [2.05, 4.69) is 25.3 Å². The van der Waals surface area contributed by atoms with Gasteiger partial charge in [-0.3, -0.25) is 5.43 Å². The molecule has 150 valence electrons. The van der Waals surface area contributed by atoms with Crippen LogP contribution in [0.5, 0.6) is 11.5 Å². The van der Waals surface area contributed by atoms with Gasteiger partial charge in [0.2, 0.25) is 0 Å². The van der Waals surface area contributed by atoms with E-state index in [-0.39, 0.29) is 23.1 Å². The fourth-order valence-electron chi connectivity index (χ4n) is 2.83. The Morgan fingerprint density at radius 1 is 1.11 bits per heavy atom. The number of halogens is 4. The van der Waals surface area contributed by atoms with Gasteiger partial charge >= 0.3 is 13.2 Å². The summed E-state index contributed by atoms with van der Waals surface area (Å²) in [6.07, 6.45) is 5.56. The van der Waals surface area contributed by atoms with E-state index in [1.165, 1.54) is 18.6 Å². The van der Waals surface area contributed by atoms with Crippen molar-refractivity contribution in [1.82, 2.24) is 10.7 Å². The fraction of sp³-hybridized carbons (Fsp3) is 0.529. The van der Waals surface area contributed by atoms with Crippen molar-refractivity contribution in [1.29, 1.82) is 0 Å². The van der Waals surface area contributed by atoms with Crippen LogP contribution in [0.1, 0.15) is 44.6 Å². The Hall–Kier alpha value is -2.10. The standard InChI is InChI=1S/C17H21F4N3O2S/c1-10(23-24-17(27)22-11-5-3-2-4-6-11)13-8-7-12(25-15(18)19)9-14(13)26-16(20)21/h7-9,11,15-16H,2-6H2,1H3,(H2,22,24,27)/b23-10+. The summed E-state index contributed by atoms with van der Waals surface area (Å²) < 4.78 is 58.5. The molecule has 0 heterocycles. The van der Waals surface area contributed by atoms with Gasteiger partial charge in [0.25, 0.3) is 0 Å². The van der Waals surface area contributed by atoms with Crippen LogP contribution in [0.4, 0.5) is 17.6 Å². The Balaban J connectivity index is 2.06. The maximum atomic E-state index is 12.6. The maximum Gasteiger partial charge on any atom is 0.387 e. The summed E-state index contributed by atoms with van der Waals surface area (Å²) in [5, 5.41) is 7.56. The normalized spacial score (nSPS) is 15.7. The molecular formula is C17H21F4N3O2S. The van der Waals surface area contributed by atoms with E-state index < -0.39 is 13.2 Å². The van der Waals surface area contributed by atoms with Crippen molar-refractivity contribution in [2.75, 3.05) is 0 Å². The first kappa shape index (κ1) is 21.2. The molecule has 27 heavy (non-hydrogen) atoms. The third-order valence-electron chi connectivity index (χ3n) is 4.05. The van der Waals surface area contributed by atoms with Crippen LogP contribution < -0.4 is 20.2 Å². The van der Waals surface area contributed by atoms with E-state index in [0.717, 1.165) is 31.7 Å². The Morgan fingerprint density at radius 2 is 1.78 bits per heavy atom. The highest BCUT2D eigenvalue weighted by Crippen LogP contribution is 2.28. The Kier molecular flexibility index (Phi) is 8.08. The summed E-state index contributed by atoms with van der Waals surface area (Å²) in [4.78, 5) is 0. The van der Waals surface area contributed by atoms with Gasteiger partial charge in [0, 0.05) is 17.7 Å². The molecule has 2 N–H and O–H groups in total. The fourth-order valence-corrected chi connectivity index (χ4v) is 3.04. The third-order valence-corrected chi connectivity index (χ3v) is 4.26. The van der Waals surface area contributed by atoms with E-state index in [0.29, 0.717) is 10.8 Å². The molecule has 1 aliphatic carbocycles. The molecule has 1 fully saturated rings. The van der Waals surface area contributed by atoms with Crippen molar-refractivity contribution in [3.63, 3.8) is 0 Å². The molecule has 0 amide bonds. The van der Waals surface area contributed by atoms with Gasteiger partial charge in [0.1, 0.15) is 11.5 Å². The lowest BCUT2D eigenvalue weighted by molar-refractivity contribution is -0.0543. The van der Waals surface area contributed by atoms with Crippen molar-refractivity contribution >= 4 is 23.0 Å². The number of benzene rings is 1. The first-order valence-corrected chi connectivity index (χ1v) is 8.91. The van der Waals surface area contributed by atoms with Crippen molar-refractivity contribution in [3.05, 3.63) is 23.8 Å². The van der Waals surface area contributed by atoms with Crippen LogP contribution in [-0.2, 0) is 0 Å². The Morgan fingerprint density at radius 3 is 2.41 bits per heavy atom. The second-order valence-electron chi connectivity index (χ2n) is 6.03. The average molecular weight is 407 g/mol. The minimum absolute atomic E-state index is 0.199. The molecule has 0 aliphatic heterocycles. The molecule has 0 atom stereocenters. The van der Waals surface area contributed by atoms with E-state index in [9.17, 15) is 17.6 Å². The maximum absolute atomic E-state index is 12.6. The van der Waals surface area contributed by atoms with Crippen LogP contribution >= 0.6 is 12.2 Å². The van der Waals surface area contributed by atoms with Gasteiger partial charge < -0.3 is 14.8 Å². The first-order valence-electron chi connectivity index (χ1n) is 8.50. The van der Waals surface area contributed by atoms with Crippen molar-refractivity contribution < 1.29 is 27.0 Å². The molecule has 1 aromatic carbocycles. The molecule has 0 spiro atoms. The molecule has 2 rings (SSSR count). The predicted octanol–water partition coefficient (Wildman–Crippen LogP) is 4.41. The molecule has 1 aromatic rings. The monoisotopic (exact) mass is 407 g/mol. The number of ether oxygens (including phenoxy) is 2. The molecule has 5 nitrogen and oxygen atoms in total. The highest BCUT2D eigenvalue weighted by Gasteiger charge is 2.16. The summed E-state index contributed by atoms with van der Waals surface area (Å²) in [7, 11) is 0. The molecule has 1 saturated carbocycles. The van der Waals surface area contributed by atoms with Crippen LogP contribution in [0.3, 0.4) is 0 Å². The van der Waals surface area contributed by atoms with Gasteiger partial charge in [-0.2, -0.15) is 22.7 Å². The van der Waals surface area contributed by atoms with E-state index >= 15 is 0 Å². The van der Waals surface area contributed by atoms with Crippen LogP contribution in [0.25, 0.3) is 0 Å². The molecule has 10 heteroatoms. The van der Waals surface area contributed by atoms with Crippen molar-refractivity contribution in [2.45, 2.75) is 58.3 Å². The Bertz CT molecular complexity index is 668. The van der Waals surface area contributed by atoms with Gasteiger partial charge in [0.15, 0.2) is 5.11 Å². The summed E-state index contributed by atoms with van der Waals surface area (Å²) in [6.45, 7) is -4.65. The summed E-state index contributed by atoms with van der Waals surface area (Å²) in [5.41, 5.74) is 3.16. The largest absolute Gasteiger partial charge is 0.435 e. The molecule has 1 aliphatic rings. The third kappa shape index (κ3) is 7.20. The van der Waals surface area contributed by atoms with Crippen molar-refractivity contribution in [3.8, 4) is 11.5 Å². The summed E-state index contributed by atoms with van der Waals surface area (Å²) in [5.74, 6) is -0.614. The zero-order chi connectivity index (χ0) is 19.8. The van der Waals surface area contributed by atoms with Crippen molar-refractivity contribution in [2.24, 2.45) is 5.10 Å². The number of hydrogen-bond acceptors (Lipinski definition) is 4. The van der Waals surface area contributed by atoms with Gasteiger partial charge in [-0.1, -0.05) is 19.3 Å². The topological polar surface area (TPSA) is 54.9 Å². The number of hydrogen-bond donors (Lipinski definition) is 2. The second kappa shape index (κ2) is 10.3. The zero-order valence-corrected chi connectivity index (χ0v) is 15.5. The summed E-state index contributed by atoms with van der Waals surface area (Å²) in [6, 6.07) is 3.79. The van der Waals surface area contributed by atoms with Crippen LogP contribution in [0, 0.1) is 0 Å². The van der Waals surface area contributed by atoms with E-state index in [4.69, 9.17) is 12.2 Å². The zero-order valence-electron chi connectivity index (χ0n) is 14.7. The highest BCUT2D eigenvalue weighted by atomic mass is 32.1. The number of nitrogens with zero attached hydrogens (tertiary/aromatic N) is 1. The van der Waals surface area contributed by atoms with Crippen LogP contribution in [-0.4, -0.2) is 30.1 Å². The lowest BCUT2D eigenvalue weighted by Crippen LogP contribution is -2.41. The number of hydrazone groups is 1. The van der Waals surface area contributed by atoms with E-state index in [1.54, 1.807) is 6.92 Å². The minimum atomic E-state index is -3.12. The number of rotatable bonds is 7. The summed E-state index contributed by atoms with van der Waals surface area (Å²) >= 11 is 5.19. The molecule has 0 radical (unpaired) electrons. The van der Waals surface area contributed by atoms with Gasteiger partial charge in [-0.15, -0.1) is 0 Å². The van der Waals surface area contributed by atoms with Gasteiger partial charge in [-0.05, 0) is 44.1 Å². The Labute approximate surface area is 160 Å². The number of nitrogens with one attached hydrogen (secondary N) is 2. The van der Waals surface area contributed by atoms with Gasteiger partial charge in [-0.25, -0.2) is 0 Å². The lowest BCUT2D eigenvalue weighted by Gasteiger charge is -2.23.